The van der Waals surface area contributed by atoms with Crippen molar-refractivity contribution in [3.05, 3.63) is 17.7 Å². The molecule has 0 saturated carbocycles. The van der Waals surface area contributed by atoms with Crippen LogP contribution in [0.3, 0.4) is 0 Å². The summed E-state index contributed by atoms with van der Waals surface area (Å²) in [6, 6.07) is 0. The fourth-order valence-electron chi connectivity index (χ4n) is 1.16. The van der Waals surface area contributed by atoms with Gasteiger partial charge < -0.3 is 16.0 Å². The van der Waals surface area contributed by atoms with Gasteiger partial charge in [0.05, 0.1) is 12.0 Å². The highest BCUT2D eigenvalue weighted by molar-refractivity contribution is 5.73. The van der Waals surface area contributed by atoms with Crippen LogP contribution in [-0.2, 0) is 11.3 Å². The smallest absolute Gasteiger partial charge is 0.217 e. The fourth-order valence-corrected chi connectivity index (χ4v) is 1.16. The molecule has 1 heterocycles. The molecule has 0 fully saturated rings. The maximum atomic E-state index is 10.4. The molecule has 1 amide bonds. The molecule has 0 radical (unpaired) electrons. The topological polar surface area (TPSA) is 83.8 Å². The third-order valence-electron chi connectivity index (χ3n) is 2.00. The van der Waals surface area contributed by atoms with Crippen LogP contribution in [0.5, 0.6) is 0 Å². The number of amides is 1. The van der Waals surface area contributed by atoms with Crippen LogP contribution in [0.4, 0.5) is 0 Å². The molecule has 0 saturated heterocycles. The number of nitrogens with one attached hydrogen (secondary N) is 2. The molecule has 0 bridgehead atoms. The average molecular weight is 196 g/mol. The lowest BCUT2D eigenvalue weighted by Gasteiger charge is -2.01. The van der Waals surface area contributed by atoms with Gasteiger partial charge in [0, 0.05) is 18.7 Å². The molecule has 5 heteroatoms. The number of aromatic amines is 1. The molecular formula is C9H16N4O. The molecule has 0 aliphatic heterocycles. The number of hydrogen-bond acceptors (Lipinski definition) is 3. The first kappa shape index (κ1) is 10.7. The van der Waals surface area contributed by atoms with Crippen LogP contribution in [0, 0.1) is 6.92 Å². The van der Waals surface area contributed by atoms with Crippen LogP contribution >= 0.6 is 0 Å². The minimum Gasteiger partial charge on any atom is -0.370 e. The zero-order valence-electron chi connectivity index (χ0n) is 8.34. The van der Waals surface area contributed by atoms with Crippen molar-refractivity contribution in [3.8, 4) is 0 Å². The van der Waals surface area contributed by atoms with Crippen molar-refractivity contribution in [1.82, 2.24) is 15.3 Å². The van der Waals surface area contributed by atoms with E-state index in [2.05, 4.69) is 15.3 Å². The molecule has 5 nitrogen and oxygen atoms in total. The summed E-state index contributed by atoms with van der Waals surface area (Å²) in [6.07, 6.45) is 2.89. The molecule has 0 aliphatic carbocycles. The number of carbonyl (C=O) groups is 1. The summed E-state index contributed by atoms with van der Waals surface area (Å²) in [7, 11) is 0. The van der Waals surface area contributed by atoms with Crippen molar-refractivity contribution < 1.29 is 4.79 Å². The summed E-state index contributed by atoms with van der Waals surface area (Å²) in [5.41, 5.74) is 7.10. The lowest BCUT2D eigenvalue weighted by Crippen LogP contribution is -2.18. The predicted octanol–water partition coefficient (Wildman–Crippen LogP) is 0.0732. The first-order valence-corrected chi connectivity index (χ1v) is 4.68. The second-order valence-electron chi connectivity index (χ2n) is 3.22. The number of primary amides is 1. The summed E-state index contributed by atoms with van der Waals surface area (Å²) < 4.78 is 0. The number of nitrogens with zero attached hydrogens (tertiary/aromatic N) is 1. The highest BCUT2D eigenvalue weighted by atomic mass is 16.1. The molecule has 1 aromatic heterocycles. The molecule has 0 aromatic carbocycles. The number of rotatable bonds is 6. The third-order valence-corrected chi connectivity index (χ3v) is 2.00. The minimum atomic E-state index is -0.247. The molecule has 0 aliphatic rings. The Morgan fingerprint density at radius 2 is 2.50 bits per heavy atom. The maximum Gasteiger partial charge on any atom is 0.217 e. The third kappa shape index (κ3) is 3.57. The summed E-state index contributed by atoms with van der Waals surface area (Å²) in [5.74, 6) is -0.247. The Morgan fingerprint density at radius 1 is 1.71 bits per heavy atom. The predicted molar refractivity (Wildman–Crippen MR) is 53.5 cm³/mol. The van der Waals surface area contributed by atoms with Crippen LogP contribution < -0.4 is 11.1 Å². The van der Waals surface area contributed by atoms with Crippen LogP contribution in [0.15, 0.2) is 6.33 Å². The Kier molecular flexibility index (Phi) is 4.12. The van der Waals surface area contributed by atoms with Crippen molar-refractivity contribution >= 4 is 5.91 Å². The van der Waals surface area contributed by atoms with E-state index in [4.69, 9.17) is 5.73 Å². The maximum absolute atomic E-state index is 10.4. The molecule has 0 spiro atoms. The van der Waals surface area contributed by atoms with Crippen molar-refractivity contribution in [2.45, 2.75) is 26.3 Å². The number of nitrogens with two attached hydrogens (primary N) is 1. The SMILES string of the molecule is Cc1[nH]cnc1CNCCCC(N)=O. The molecule has 1 rings (SSSR count). The fraction of sp³-hybridized carbons (Fsp3) is 0.556. The second kappa shape index (κ2) is 5.39. The first-order valence-electron chi connectivity index (χ1n) is 4.68. The van der Waals surface area contributed by atoms with E-state index >= 15 is 0 Å². The highest BCUT2D eigenvalue weighted by Crippen LogP contribution is 1.99. The van der Waals surface area contributed by atoms with Crippen LogP contribution in [-0.4, -0.2) is 22.4 Å². The van der Waals surface area contributed by atoms with E-state index in [1.807, 2.05) is 6.92 Å². The molecule has 78 valence electrons. The molecule has 0 unspecified atom stereocenters. The number of aromatic nitrogens is 2. The van der Waals surface area contributed by atoms with Gasteiger partial charge in [0.1, 0.15) is 0 Å². The van der Waals surface area contributed by atoms with Gasteiger partial charge in [-0.15, -0.1) is 0 Å². The van der Waals surface area contributed by atoms with E-state index in [-0.39, 0.29) is 5.91 Å². The number of aryl methyl sites for hydroxylation is 1. The van der Waals surface area contributed by atoms with Crippen molar-refractivity contribution in [1.29, 1.82) is 0 Å². The zero-order chi connectivity index (χ0) is 10.4. The summed E-state index contributed by atoms with van der Waals surface area (Å²) in [5, 5.41) is 3.19. The van der Waals surface area contributed by atoms with Gasteiger partial charge in [-0.3, -0.25) is 4.79 Å². The first-order chi connectivity index (χ1) is 6.70. The Hall–Kier alpha value is -1.36. The van der Waals surface area contributed by atoms with Gasteiger partial charge >= 0.3 is 0 Å². The van der Waals surface area contributed by atoms with E-state index in [0.29, 0.717) is 6.42 Å². The molecule has 0 atom stereocenters. The van der Waals surface area contributed by atoms with Gasteiger partial charge in [-0.25, -0.2) is 4.98 Å². The monoisotopic (exact) mass is 196 g/mol. The van der Waals surface area contributed by atoms with E-state index in [9.17, 15) is 4.79 Å². The Morgan fingerprint density at radius 3 is 3.07 bits per heavy atom. The molecular weight excluding hydrogens is 180 g/mol. The van der Waals surface area contributed by atoms with Gasteiger partial charge in [0.2, 0.25) is 5.91 Å². The Bertz CT molecular complexity index is 295. The van der Waals surface area contributed by atoms with Gasteiger partial charge in [0.25, 0.3) is 0 Å². The number of hydrogen-bond donors (Lipinski definition) is 3. The van der Waals surface area contributed by atoms with Crippen LogP contribution in [0.2, 0.25) is 0 Å². The van der Waals surface area contributed by atoms with Crippen molar-refractivity contribution in [2.75, 3.05) is 6.54 Å². The lowest BCUT2D eigenvalue weighted by atomic mass is 10.3. The summed E-state index contributed by atoms with van der Waals surface area (Å²) >= 11 is 0. The van der Waals surface area contributed by atoms with Gasteiger partial charge in [-0.2, -0.15) is 0 Å². The molecule has 14 heavy (non-hydrogen) atoms. The summed E-state index contributed by atoms with van der Waals surface area (Å²) in [4.78, 5) is 17.6. The average Bonchev–Trinajstić information content (AvgIpc) is 2.51. The van der Waals surface area contributed by atoms with E-state index in [0.717, 1.165) is 30.9 Å². The normalized spacial score (nSPS) is 10.4. The van der Waals surface area contributed by atoms with E-state index in [1.54, 1.807) is 6.33 Å². The largest absolute Gasteiger partial charge is 0.370 e. The van der Waals surface area contributed by atoms with Crippen LogP contribution in [0.25, 0.3) is 0 Å². The van der Waals surface area contributed by atoms with E-state index in [1.165, 1.54) is 0 Å². The van der Waals surface area contributed by atoms with Gasteiger partial charge in [-0.05, 0) is 19.9 Å². The van der Waals surface area contributed by atoms with Crippen molar-refractivity contribution in [3.63, 3.8) is 0 Å². The molecule has 1 aromatic rings. The number of carbonyl (C=O) groups excluding carboxylic acids is 1. The second-order valence-corrected chi connectivity index (χ2v) is 3.22. The van der Waals surface area contributed by atoms with Gasteiger partial charge in [-0.1, -0.05) is 0 Å². The van der Waals surface area contributed by atoms with Crippen LogP contribution in [0.1, 0.15) is 24.2 Å². The molecule has 4 N–H and O–H groups in total. The van der Waals surface area contributed by atoms with Crippen molar-refractivity contribution in [2.24, 2.45) is 5.73 Å². The standard InChI is InChI=1S/C9H16N4O/c1-7-8(13-6-12-7)5-11-4-2-3-9(10)14/h6,11H,2-5H2,1H3,(H2,10,14)(H,12,13). The summed E-state index contributed by atoms with van der Waals surface area (Å²) in [6.45, 7) is 3.50. The minimum absolute atomic E-state index is 0.247. The zero-order valence-corrected chi connectivity index (χ0v) is 8.34. The Labute approximate surface area is 83.1 Å². The Balaban J connectivity index is 2.10. The van der Waals surface area contributed by atoms with Gasteiger partial charge in [0.15, 0.2) is 0 Å². The number of imidazole rings is 1. The van der Waals surface area contributed by atoms with E-state index < -0.39 is 0 Å². The quantitative estimate of drug-likeness (QED) is 0.563. The lowest BCUT2D eigenvalue weighted by molar-refractivity contribution is -0.118. The number of H-pyrrole nitrogens is 1. The highest BCUT2D eigenvalue weighted by Gasteiger charge is 1.99.